The molecule has 1 N–H and O–H groups in total. The van der Waals surface area contributed by atoms with Crippen LogP contribution in [0.4, 0.5) is 18.9 Å². The number of rotatable bonds is 4. The Labute approximate surface area is 101 Å². The summed E-state index contributed by atoms with van der Waals surface area (Å²) in [5, 5.41) is 11.5. The Hall–Kier alpha value is -1.45. The topological polar surface area (TPSA) is 45.0 Å². The Morgan fingerprint density at radius 3 is 2.65 bits per heavy atom. The third kappa shape index (κ3) is 4.93. The minimum atomic E-state index is -4.62. The van der Waals surface area contributed by atoms with Gasteiger partial charge in [-0.3, -0.25) is 4.74 Å². The van der Waals surface area contributed by atoms with E-state index in [-0.39, 0.29) is 11.6 Å². The van der Waals surface area contributed by atoms with Gasteiger partial charge in [-0.15, -0.1) is 13.2 Å². The van der Waals surface area contributed by atoms with Gasteiger partial charge in [0.2, 0.25) is 0 Å². The predicted molar refractivity (Wildman–Crippen MR) is 56.7 cm³/mol. The number of ether oxygens (including phenoxy) is 1. The molecular formula is C10H8ClF3N2O. The lowest BCUT2D eigenvalue weighted by atomic mass is 10.2. The first-order valence-electron chi connectivity index (χ1n) is 4.56. The van der Waals surface area contributed by atoms with Gasteiger partial charge in [0.05, 0.1) is 17.2 Å². The number of nitrogens with zero attached hydrogens (tertiary/aromatic N) is 1. The normalized spacial score (nSPS) is 11.0. The van der Waals surface area contributed by atoms with Crippen molar-refractivity contribution >= 4 is 17.3 Å². The maximum atomic E-state index is 11.6. The minimum Gasteiger partial charge on any atom is -0.383 e. The minimum absolute atomic E-state index is 0.0122. The number of alkyl halides is 3. The second-order valence-electron chi connectivity index (χ2n) is 3.03. The first-order chi connectivity index (χ1) is 7.92. The molecule has 1 aromatic carbocycles. The predicted octanol–water partition coefficient (Wildman–Crippen LogP) is 3.16. The van der Waals surface area contributed by atoms with Crippen LogP contribution in [-0.4, -0.2) is 19.5 Å². The van der Waals surface area contributed by atoms with Crippen LogP contribution in [0.15, 0.2) is 18.2 Å². The van der Waals surface area contributed by atoms with Crippen molar-refractivity contribution < 1.29 is 17.9 Å². The first-order valence-corrected chi connectivity index (χ1v) is 4.94. The van der Waals surface area contributed by atoms with Crippen LogP contribution < -0.4 is 5.32 Å². The molecule has 0 unspecified atom stereocenters. The van der Waals surface area contributed by atoms with Crippen LogP contribution in [-0.2, 0) is 4.74 Å². The molecule has 0 aliphatic rings. The first kappa shape index (κ1) is 13.6. The van der Waals surface area contributed by atoms with Crippen LogP contribution in [0.25, 0.3) is 0 Å². The van der Waals surface area contributed by atoms with Crippen LogP contribution in [0.3, 0.4) is 0 Å². The molecule has 17 heavy (non-hydrogen) atoms. The largest absolute Gasteiger partial charge is 0.522 e. The van der Waals surface area contributed by atoms with Crippen LogP contribution >= 0.6 is 11.6 Å². The van der Waals surface area contributed by atoms with Crippen LogP contribution in [0.5, 0.6) is 0 Å². The van der Waals surface area contributed by atoms with Gasteiger partial charge in [-0.2, -0.15) is 5.26 Å². The molecule has 1 aromatic rings. The molecule has 0 saturated carbocycles. The molecule has 0 spiro atoms. The highest BCUT2D eigenvalue weighted by Crippen LogP contribution is 2.20. The highest BCUT2D eigenvalue weighted by atomic mass is 35.5. The average molecular weight is 265 g/mol. The summed E-state index contributed by atoms with van der Waals surface area (Å²) in [4.78, 5) is 0. The van der Waals surface area contributed by atoms with E-state index in [1.165, 1.54) is 12.1 Å². The molecule has 0 saturated heterocycles. The fourth-order valence-corrected chi connectivity index (χ4v) is 1.30. The second kappa shape index (κ2) is 5.75. The van der Waals surface area contributed by atoms with E-state index in [0.29, 0.717) is 11.3 Å². The Balaban J connectivity index is 2.43. The summed E-state index contributed by atoms with van der Waals surface area (Å²) in [5.41, 5.74) is 0.837. The summed E-state index contributed by atoms with van der Waals surface area (Å²) < 4.78 is 38.5. The van der Waals surface area contributed by atoms with E-state index in [4.69, 9.17) is 16.9 Å². The van der Waals surface area contributed by atoms with Gasteiger partial charge in [0, 0.05) is 12.2 Å². The van der Waals surface area contributed by atoms with E-state index < -0.39 is 13.0 Å². The maximum Gasteiger partial charge on any atom is 0.522 e. The third-order valence-electron chi connectivity index (χ3n) is 1.79. The summed E-state index contributed by atoms with van der Waals surface area (Å²) in [5.74, 6) is 0. The number of hydrogen-bond acceptors (Lipinski definition) is 3. The van der Waals surface area contributed by atoms with Crippen molar-refractivity contribution in [2.75, 3.05) is 18.5 Å². The number of anilines is 1. The standard InChI is InChI=1S/C10H8ClF3N2O/c11-9-5-8(2-1-7(9)6-15)16-3-4-17-10(12,13)14/h1-2,5,16H,3-4H2. The third-order valence-corrected chi connectivity index (χ3v) is 2.10. The zero-order chi connectivity index (χ0) is 12.9. The molecule has 0 fully saturated rings. The van der Waals surface area contributed by atoms with Gasteiger partial charge in [-0.05, 0) is 18.2 Å². The van der Waals surface area contributed by atoms with Gasteiger partial charge in [0.25, 0.3) is 0 Å². The lowest BCUT2D eigenvalue weighted by Crippen LogP contribution is -2.19. The van der Waals surface area contributed by atoms with Crippen LogP contribution in [0.1, 0.15) is 5.56 Å². The fraction of sp³-hybridized carbons (Fsp3) is 0.300. The molecule has 0 amide bonds. The number of nitrogens with one attached hydrogen (secondary N) is 1. The number of halogens is 4. The Kier molecular flexibility index (Phi) is 4.61. The Bertz CT molecular complexity index is 429. The van der Waals surface area contributed by atoms with Crippen LogP contribution in [0.2, 0.25) is 5.02 Å². The second-order valence-corrected chi connectivity index (χ2v) is 3.43. The number of nitriles is 1. The summed E-state index contributed by atoms with van der Waals surface area (Å²) in [7, 11) is 0. The van der Waals surface area contributed by atoms with Gasteiger partial charge in [-0.1, -0.05) is 11.6 Å². The fourth-order valence-electron chi connectivity index (χ4n) is 1.08. The van der Waals surface area contributed by atoms with Crippen LogP contribution in [0, 0.1) is 11.3 Å². The monoisotopic (exact) mass is 264 g/mol. The molecule has 0 heterocycles. The van der Waals surface area contributed by atoms with Gasteiger partial charge in [0.1, 0.15) is 6.07 Å². The summed E-state index contributed by atoms with van der Waals surface area (Å²) in [6, 6.07) is 6.38. The molecule has 0 radical (unpaired) electrons. The molecule has 92 valence electrons. The molecular weight excluding hydrogens is 257 g/mol. The summed E-state index contributed by atoms with van der Waals surface area (Å²) in [6.45, 7) is -0.511. The van der Waals surface area contributed by atoms with Crippen molar-refractivity contribution in [2.45, 2.75) is 6.36 Å². The van der Waals surface area contributed by atoms with Crippen molar-refractivity contribution in [3.63, 3.8) is 0 Å². The van der Waals surface area contributed by atoms with Gasteiger partial charge < -0.3 is 5.32 Å². The smallest absolute Gasteiger partial charge is 0.383 e. The summed E-state index contributed by atoms with van der Waals surface area (Å²) >= 11 is 5.74. The number of benzene rings is 1. The maximum absolute atomic E-state index is 11.6. The molecule has 1 rings (SSSR count). The van der Waals surface area contributed by atoms with Crippen molar-refractivity contribution in [1.29, 1.82) is 5.26 Å². The zero-order valence-electron chi connectivity index (χ0n) is 8.51. The van der Waals surface area contributed by atoms with Gasteiger partial charge in [-0.25, -0.2) is 0 Å². The molecule has 0 atom stereocenters. The van der Waals surface area contributed by atoms with E-state index in [1.807, 2.05) is 6.07 Å². The Morgan fingerprint density at radius 2 is 2.12 bits per heavy atom. The van der Waals surface area contributed by atoms with E-state index in [0.717, 1.165) is 0 Å². The Morgan fingerprint density at radius 1 is 1.41 bits per heavy atom. The summed E-state index contributed by atoms with van der Waals surface area (Å²) in [6.07, 6.45) is -4.62. The quantitative estimate of drug-likeness (QED) is 0.850. The van der Waals surface area contributed by atoms with Crippen molar-refractivity contribution in [3.05, 3.63) is 28.8 Å². The molecule has 3 nitrogen and oxygen atoms in total. The lowest BCUT2D eigenvalue weighted by Gasteiger charge is -2.09. The van der Waals surface area contributed by atoms with E-state index in [9.17, 15) is 13.2 Å². The van der Waals surface area contributed by atoms with Crippen molar-refractivity contribution in [2.24, 2.45) is 0 Å². The molecule has 0 aliphatic carbocycles. The van der Waals surface area contributed by atoms with Crippen molar-refractivity contribution in [3.8, 4) is 6.07 Å². The molecule has 0 bridgehead atoms. The van der Waals surface area contributed by atoms with E-state index in [2.05, 4.69) is 10.1 Å². The zero-order valence-corrected chi connectivity index (χ0v) is 9.27. The highest BCUT2D eigenvalue weighted by molar-refractivity contribution is 6.32. The SMILES string of the molecule is N#Cc1ccc(NCCOC(F)(F)F)cc1Cl. The van der Waals surface area contributed by atoms with Gasteiger partial charge in [0.15, 0.2) is 0 Å². The van der Waals surface area contributed by atoms with Crippen molar-refractivity contribution in [1.82, 2.24) is 0 Å². The van der Waals surface area contributed by atoms with E-state index in [1.54, 1.807) is 6.07 Å². The number of hydrogen-bond donors (Lipinski definition) is 1. The molecule has 0 aliphatic heterocycles. The molecule has 7 heteroatoms. The molecule has 0 aromatic heterocycles. The lowest BCUT2D eigenvalue weighted by molar-refractivity contribution is -0.322. The average Bonchev–Trinajstić information content (AvgIpc) is 2.23. The van der Waals surface area contributed by atoms with E-state index >= 15 is 0 Å². The van der Waals surface area contributed by atoms with Gasteiger partial charge >= 0.3 is 6.36 Å². The highest BCUT2D eigenvalue weighted by Gasteiger charge is 2.28.